The Balaban J connectivity index is 1.93. The van der Waals surface area contributed by atoms with Crippen LogP contribution in [0.15, 0.2) is 60.2 Å². The predicted octanol–water partition coefficient (Wildman–Crippen LogP) is 8.75. The third-order valence-corrected chi connectivity index (χ3v) is 6.17. The largest absolute Gasteiger partial charge is 0.493 e. The Morgan fingerprint density at radius 3 is 1.87 bits per heavy atom. The van der Waals surface area contributed by atoms with Crippen LogP contribution >= 0.6 is 0 Å². The van der Waals surface area contributed by atoms with Crippen LogP contribution in [0.4, 0.5) is 0 Å². The van der Waals surface area contributed by atoms with Crippen LogP contribution in [0.25, 0.3) is 16.9 Å². The van der Waals surface area contributed by atoms with Crippen molar-refractivity contribution in [2.45, 2.75) is 85.0 Å². The molecule has 0 unspecified atom stereocenters. The number of hydrogen-bond donors (Lipinski definition) is 0. The minimum absolute atomic E-state index is 0.902. The molecule has 1 aliphatic rings. The zero-order chi connectivity index (χ0) is 22.1. The molecule has 0 atom stereocenters. The van der Waals surface area contributed by atoms with E-state index in [1.165, 1.54) is 59.9 Å². The number of allylic oxidation sites excluding steroid dienone is 2. The van der Waals surface area contributed by atoms with Crippen LogP contribution in [-0.4, -0.2) is 4.70 Å². The summed E-state index contributed by atoms with van der Waals surface area (Å²) in [6.07, 6.45) is 13.7. The van der Waals surface area contributed by atoms with E-state index in [-0.39, 0.29) is 0 Å². The monoisotopic (exact) mass is 414 g/mol. The number of rotatable bonds is 12. The lowest BCUT2D eigenvalue weighted by atomic mass is 9.99. The van der Waals surface area contributed by atoms with Crippen molar-refractivity contribution in [3.8, 4) is 0 Å². The van der Waals surface area contributed by atoms with Gasteiger partial charge in [-0.1, -0.05) is 70.7 Å². The van der Waals surface area contributed by atoms with Crippen LogP contribution in [0.2, 0.25) is 0 Å². The standard InChI is InChI=1S/C29H38N2/c1-4-7-10-17-27-22-28(25-18-11-15-23(20-25)13-8-5-2)31(30)29(27)26-19-12-16-24(21-26)14-9-6-3/h11-12,15-16,18-22H,4-10,13-14,17H2,1-3H3. The fourth-order valence-electron chi connectivity index (χ4n) is 4.34. The third-order valence-electron chi connectivity index (χ3n) is 6.17. The zero-order valence-corrected chi connectivity index (χ0v) is 19.7. The first-order valence-electron chi connectivity index (χ1n) is 12.3. The molecule has 0 fully saturated rings. The normalized spacial score (nSPS) is 13.8. The summed E-state index contributed by atoms with van der Waals surface area (Å²) >= 11 is 0. The van der Waals surface area contributed by atoms with Crippen molar-refractivity contribution in [1.29, 1.82) is 0 Å². The second-order valence-electron chi connectivity index (χ2n) is 8.78. The highest BCUT2D eigenvalue weighted by molar-refractivity contribution is 5.78. The lowest BCUT2D eigenvalue weighted by Gasteiger charge is -2.11. The zero-order valence-electron chi connectivity index (χ0n) is 19.7. The van der Waals surface area contributed by atoms with Gasteiger partial charge in [-0.25, -0.2) is 4.70 Å². The van der Waals surface area contributed by atoms with E-state index >= 15 is 0 Å². The van der Waals surface area contributed by atoms with Crippen LogP contribution in [0.3, 0.4) is 0 Å². The molecule has 2 heteroatoms. The first kappa shape index (κ1) is 23.2. The van der Waals surface area contributed by atoms with E-state index in [2.05, 4.69) is 75.4 Å². The molecular weight excluding hydrogens is 376 g/mol. The number of benzene rings is 2. The van der Waals surface area contributed by atoms with Gasteiger partial charge in [0.25, 0.3) is 0 Å². The van der Waals surface area contributed by atoms with Crippen molar-refractivity contribution in [3.05, 3.63) is 88.0 Å². The van der Waals surface area contributed by atoms with Gasteiger partial charge in [-0.3, -0.25) is 0 Å². The minimum Gasteiger partial charge on any atom is -0.493 e. The maximum atomic E-state index is 11.3. The lowest BCUT2D eigenvalue weighted by Crippen LogP contribution is -2.03. The fourth-order valence-corrected chi connectivity index (χ4v) is 4.34. The Bertz CT molecular complexity index is 949. The summed E-state index contributed by atoms with van der Waals surface area (Å²) in [6, 6.07) is 17.4. The Morgan fingerprint density at radius 2 is 1.26 bits per heavy atom. The summed E-state index contributed by atoms with van der Waals surface area (Å²) in [5.74, 6) is 0. The van der Waals surface area contributed by atoms with Gasteiger partial charge in [0, 0.05) is 22.8 Å². The molecule has 0 saturated carbocycles. The molecule has 2 aromatic carbocycles. The van der Waals surface area contributed by atoms with E-state index in [0.717, 1.165) is 48.2 Å². The van der Waals surface area contributed by atoms with E-state index in [1.54, 1.807) is 0 Å². The molecule has 0 amide bonds. The number of hydrogen-bond acceptors (Lipinski definition) is 0. The Morgan fingerprint density at radius 1 is 0.677 bits per heavy atom. The number of nitrogens with zero attached hydrogens (tertiary/aromatic N) is 2. The summed E-state index contributed by atoms with van der Waals surface area (Å²) in [7, 11) is 0. The van der Waals surface area contributed by atoms with Gasteiger partial charge in [-0.2, -0.15) is 0 Å². The third kappa shape index (κ3) is 6.03. The van der Waals surface area contributed by atoms with Gasteiger partial charge in [-0.05, 0) is 73.9 Å². The van der Waals surface area contributed by atoms with Crippen molar-refractivity contribution in [1.82, 2.24) is 0 Å². The van der Waals surface area contributed by atoms with E-state index in [1.807, 2.05) is 0 Å². The molecule has 1 aliphatic heterocycles. The molecule has 2 nitrogen and oxygen atoms in total. The van der Waals surface area contributed by atoms with Gasteiger partial charge >= 0.3 is 0 Å². The molecule has 0 bridgehead atoms. The quantitative estimate of drug-likeness (QED) is 0.245. The first-order chi connectivity index (χ1) is 15.2. The summed E-state index contributed by atoms with van der Waals surface area (Å²) in [4.78, 5) is 0. The van der Waals surface area contributed by atoms with Gasteiger partial charge in [0.2, 0.25) is 11.4 Å². The van der Waals surface area contributed by atoms with Crippen LogP contribution in [-0.2, 0) is 12.8 Å². The average molecular weight is 415 g/mol. The molecule has 1 heterocycles. The van der Waals surface area contributed by atoms with Gasteiger partial charge < -0.3 is 5.53 Å². The number of unbranched alkanes of at least 4 members (excludes halogenated alkanes) is 4. The summed E-state index contributed by atoms with van der Waals surface area (Å²) in [6.45, 7) is 6.70. The van der Waals surface area contributed by atoms with Crippen molar-refractivity contribution in [2.75, 3.05) is 0 Å². The molecule has 0 aromatic heterocycles. The molecule has 164 valence electrons. The molecule has 0 spiro atoms. The van der Waals surface area contributed by atoms with E-state index in [0.29, 0.717) is 0 Å². The number of aryl methyl sites for hydroxylation is 2. The molecule has 0 aliphatic carbocycles. The minimum atomic E-state index is 0.902. The van der Waals surface area contributed by atoms with Crippen molar-refractivity contribution in [2.24, 2.45) is 0 Å². The van der Waals surface area contributed by atoms with E-state index in [9.17, 15) is 5.53 Å². The highest BCUT2D eigenvalue weighted by atomic mass is 15.2. The van der Waals surface area contributed by atoms with E-state index in [4.69, 9.17) is 0 Å². The van der Waals surface area contributed by atoms with Gasteiger partial charge in [0.05, 0.1) is 0 Å². The topological polar surface area (TPSA) is 25.3 Å². The average Bonchev–Trinajstić information content (AvgIpc) is 3.13. The molecular formula is C29H38N2. The predicted molar refractivity (Wildman–Crippen MR) is 133 cm³/mol. The van der Waals surface area contributed by atoms with Gasteiger partial charge in [0.1, 0.15) is 0 Å². The fraction of sp³-hybridized carbons (Fsp3) is 0.448. The van der Waals surface area contributed by atoms with Crippen LogP contribution < -0.4 is 0 Å². The summed E-state index contributed by atoms with van der Waals surface area (Å²) in [5.41, 5.74) is 19.3. The molecule has 0 saturated heterocycles. The van der Waals surface area contributed by atoms with Crippen LogP contribution in [0.1, 0.15) is 94.4 Å². The smallest absolute Gasteiger partial charge is 0.210 e. The highest BCUT2D eigenvalue weighted by Crippen LogP contribution is 2.38. The maximum absolute atomic E-state index is 11.3. The second-order valence-corrected chi connectivity index (χ2v) is 8.78. The van der Waals surface area contributed by atoms with Crippen molar-refractivity contribution in [3.63, 3.8) is 0 Å². The van der Waals surface area contributed by atoms with Gasteiger partial charge in [0.15, 0.2) is 0 Å². The maximum Gasteiger partial charge on any atom is 0.210 e. The lowest BCUT2D eigenvalue weighted by molar-refractivity contribution is -0.344. The Kier molecular flexibility index (Phi) is 8.82. The Labute approximate surface area is 189 Å². The molecule has 0 N–H and O–H groups in total. The summed E-state index contributed by atoms with van der Waals surface area (Å²) < 4.78 is 1.44. The first-order valence-corrected chi connectivity index (χ1v) is 12.3. The molecule has 31 heavy (non-hydrogen) atoms. The summed E-state index contributed by atoms with van der Waals surface area (Å²) in [5, 5.41) is 0. The molecule has 2 aromatic rings. The van der Waals surface area contributed by atoms with E-state index < -0.39 is 0 Å². The van der Waals surface area contributed by atoms with Crippen LogP contribution in [0.5, 0.6) is 0 Å². The molecule has 3 rings (SSSR count). The Hall–Kier alpha value is -2.48. The highest BCUT2D eigenvalue weighted by Gasteiger charge is 2.28. The van der Waals surface area contributed by atoms with Gasteiger partial charge in [-0.15, -0.1) is 0 Å². The molecule has 0 radical (unpaired) electrons. The van der Waals surface area contributed by atoms with Crippen molar-refractivity contribution >= 4 is 11.4 Å². The van der Waals surface area contributed by atoms with Crippen molar-refractivity contribution < 1.29 is 4.70 Å². The van der Waals surface area contributed by atoms with Crippen LogP contribution in [0, 0.1) is 0 Å². The SMILES string of the molecule is CCCCCC1=C(c2cccc(CCCC)c2)[N+](=[N-])C(c2cccc(CCCC)c2)=C1. The second kappa shape index (κ2) is 11.8.